The predicted octanol–water partition coefficient (Wildman–Crippen LogP) is 2.33. The molecule has 3 atom stereocenters. The van der Waals surface area contributed by atoms with Crippen LogP contribution in [0.4, 0.5) is 0 Å². The van der Waals surface area contributed by atoms with Crippen molar-refractivity contribution in [3.8, 4) is 0 Å². The molecule has 86 valence electrons. The highest BCUT2D eigenvalue weighted by molar-refractivity contribution is 5.79. The van der Waals surface area contributed by atoms with Gasteiger partial charge in [0.25, 0.3) is 0 Å². The molecule has 3 heteroatoms. The van der Waals surface area contributed by atoms with Gasteiger partial charge in [-0.3, -0.25) is 4.79 Å². The minimum absolute atomic E-state index is 0.226. The number of nitrogens with one attached hydrogen (secondary N) is 1. The van der Waals surface area contributed by atoms with Gasteiger partial charge < -0.3 is 9.73 Å². The van der Waals surface area contributed by atoms with Gasteiger partial charge >= 0.3 is 0 Å². The summed E-state index contributed by atoms with van der Waals surface area (Å²) in [5.74, 6) is 2.81. The molecule has 1 aromatic rings. The first-order chi connectivity index (χ1) is 7.83. The van der Waals surface area contributed by atoms with Gasteiger partial charge in [-0.05, 0) is 43.2 Å². The molecule has 0 spiro atoms. The first-order valence-corrected chi connectivity index (χ1v) is 6.13. The van der Waals surface area contributed by atoms with E-state index in [2.05, 4.69) is 5.32 Å². The van der Waals surface area contributed by atoms with Crippen LogP contribution in [0.25, 0.3) is 0 Å². The van der Waals surface area contributed by atoms with E-state index in [9.17, 15) is 4.79 Å². The smallest absolute Gasteiger partial charge is 0.223 e. The van der Waals surface area contributed by atoms with Crippen molar-refractivity contribution in [2.45, 2.75) is 32.2 Å². The minimum Gasteiger partial charge on any atom is -0.467 e. The van der Waals surface area contributed by atoms with Crippen LogP contribution < -0.4 is 5.32 Å². The molecule has 3 rings (SSSR count). The van der Waals surface area contributed by atoms with Gasteiger partial charge in [0.15, 0.2) is 0 Å². The van der Waals surface area contributed by atoms with E-state index in [1.54, 1.807) is 6.26 Å². The SMILES string of the molecule is O=C(NCc1ccco1)[C@@H]1C[C@H]2CC[C@H]1C2. The Bertz CT molecular complexity index is 371. The van der Waals surface area contributed by atoms with Gasteiger partial charge in [-0.15, -0.1) is 0 Å². The zero-order valence-corrected chi connectivity index (χ0v) is 9.32. The number of carbonyl (C=O) groups excluding carboxylic acids is 1. The van der Waals surface area contributed by atoms with Gasteiger partial charge in [-0.25, -0.2) is 0 Å². The maximum absolute atomic E-state index is 12.0. The second-order valence-electron chi connectivity index (χ2n) is 5.08. The molecule has 0 aromatic carbocycles. The summed E-state index contributed by atoms with van der Waals surface area (Å²) in [6.45, 7) is 0.527. The molecule has 0 saturated heterocycles. The van der Waals surface area contributed by atoms with Gasteiger partial charge in [0.1, 0.15) is 5.76 Å². The Kier molecular flexibility index (Phi) is 2.46. The van der Waals surface area contributed by atoms with E-state index in [-0.39, 0.29) is 11.8 Å². The van der Waals surface area contributed by atoms with E-state index in [1.807, 2.05) is 12.1 Å². The first kappa shape index (κ1) is 9.94. The Balaban J connectivity index is 1.54. The molecule has 3 nitrogen and oxygen atoms in total. The summed E-state index contributed by atoms with van der Waals surface area (Å²) < 4.78 is 5.19. The molecular weight excluding hydrogens is 202 g/mol. The van der Waals surface area contributed by atoms with Crippen LogP contribution in [0.15, 0.2) is 22.8 Å². The van der Waals surface area contributed by atoms with E-state index < -0.39 is 0 Å². The normalized spacial score (nSPS) is 31.9. The maximum Gasteiger partial charge on any atom is 0.223 e. The Morgan fingerprint density at radius 3 is 3.00 bits per heavy atom. The van der Waals surface area contributed by atoms with Crippen LogP contribution >= 0.6 is 0 Å². The predicted molar refractivity (Wildman–Crippen MR) is 59.5 cm³/mol. The number of furan rings is 1. The average molecular weight is 219 g/mol. The molecule has 0 radical (unpaired) electrons. The molecule has 2 saturated carbocycles. The van der Waals surface area contributed by atoms with Gasteiger partial charge in [0.2, 0.25) is 5.91 Å². The summed E-state index contributed by atoms with van der Waals surface area (Å²) in [7, 11) is 0. The van der Waals surface area contributed by atoms with Crippen molar-refractivity contribution >= 4 is 5.91 Å². The molecule has 1 heterocycles. The number of hydrogen-bond acceptors (Lipinski definition) is 2. The summed E-state index contributed by atoms with van der Waals surface area (Å²) in [6.07, 6.45) is 6.61. The maximum atomic E-state index is 12.0. The lowest BCUT2D eigenvalue weighted by Gasteiger charge is -2.20. The third-order valence-electron chi connectivity index (χ3n) is 4.09. The Morgan fingerprint density at radius 2 is 2.38 bits per heavy atom. The number of carbonyl (C=O) groups is 1. The number of fused-ring (bicyclic) bond motifs is 2. The van der Waals surface area contributed by atoms with Crippen LogP contribution in [0.5, 0.6) is 0 Å². The van der Waals surface area contributed by atoms with E-state index in [0.717, 1.165) is 18.1 Å². The Morgan fingerprint density at radius 1 is 1.44 bits per heavy atom. The fraction of sp³-hybridized carbons (Fsp3) is 0.615. The van der Waals surface area contributed by atoms with Gasteiger partial charge in [0.05, 0.1) is 12.8 Å². The summed E-state index contributed by atoms with van der Waals surface area (Å²) in [4.78, 5) is 12.0. The van der Waals surface area contributed by atoms with E-state index in [0.29, 0.717) is 12.5 Å². The molecule has 0 unspecified atom stereocenters. The minimum atomic E-state index is 0.226. The monoisotopic (exact) mass is 219 g/mol. The molecule has 2 aliphatic rings. The van der Waals surface area contributed by atoms with Crippen molar-refractivity contribution < 1.29 is 9.21 Å². The fourth-order valence-corrected chi connectivity index (χ4v) is 3.28. The lowest BCUT2D eigenvalue weighted by Crippen LogP contribution is -2.33. The van der Waals surface area contributed by atoms with E-state index >= 15 is 0 Å². The van der Waals surface area contributed by atoms with Crippen molar-refractivity contribution in [1.29, 1.82) is 0 Å². The first-order valence-electron chi connectivity index (χ1n) is 6.13. The van der Waals surface area contributed by atoms with Gasteiger partial charge in [0, 0.05) is 5.92 Å². The van der Waals surface area contributed by atoms with Crippen molar-refractivity contribution in [3.05, 3.63) is 24.2 Å². The third kappa shape index (κ3) is 1.75. The molecule has 2 bridgehead atoms. The Labute approximate surface area is 95.2 Å². The number of hydrogen-bond donors (Lipinski definition) is 1. The standard InChI is InChI=1S/C13H17NO2/c15-13(14-8-11-2-1-5-16-11)12-7-9-3-4-10(12)6-9/h1-2,5,9-10,12H,3-4,6-8H2,(H,14,15)/t9-,10-,12+/m0/s1. The quantitative estimate of drug-likeness (QED) is 0.847. The van der Waals surface area contributed by atoms with Crippen molar-refractivity contribution in [2.75, 3.05) is 0 Å². The Hall–Kier alpha value is -1.25. The van der Waals surface area contributed by atoms with Crippen LogP contribution in [0.2, 0.25) is 0 Å². The van der Waals surface area contributed by atoms with E-state index in [1.165, 1.54) is 19.3 Å². The van der Waals surface area contributed by atoms with Crippen LogP contribution in [-0.2, 0) is 11.3 Å². The largest absolute Gasteiger partial charge is 0.467 e. The van der Waals surface area contributed by atoms with Crippen LogP contribution in [0.1, 0.15) is 31.4 Å². The zero-order chi connectivity index (χ0) is 11.0. The third-order valence-corrected chi connectivity index (χ3v) is 4.09. The molecule has 1 N–H and O–H groups in total. The topological polar surface area (TPSA) is 42.2 Å². The lowest BCUT2D eigenvalue weighted by molar-refractivity contribution is -0.126. The molecule has 2 fully saturated rings. The van der Waals surface area contributed by atoms with E-state index in [4.69, 9.17) is 4.42 Å². The van der Waals surface area contributed by atoms with Gasteiger partial charge in [-0.1, -0.05) is 6.42 Å². The highest BCUT2D eigenvalue weighted by Gasteiger charge is 2.42. The van der Waals surface area contributed by atoms with Gasteiger partial charge in [-0.2, -0.15) is 0 Å². The molecule has 0 aliphatic heterocycles. The average Bonchev–Trinajstić information content (AvgIpc) is 3.01. The van der Waals surface area contributed by atoms with Crippen molar-refractivity contribution in [1.82, 2.24) is 5.32 Å². The fourth-order valence-electron chi connectivity index (χ4n) is 3.28. The van der Waals surface area contributed by atoms with Crippen LogP contribution in [-0.4, -0.2) is 5.91 Å². The van der Waals surface area contributed by atoms with Crippen molar-refractivity contribution in [3.63, 3.8) is 0 Å². The highest BCUT2D eigenvalue weighted by atomic mass is 16.3. The summed E-state index contributed by atoms with van der Waals surface area (Å²) >= 11 is 0. The van der Waals surface area contributed by atoms with Crippen LogP contribution in [0, 0.1) is 17.8 Å². The second-order valence-corrected chi connectivity index (χ2v) is 5.08. The lowest BCUT2D eigenvalue weighted by atomic mass is 9.88. The molecule has 1 amide bonds. The van der Waals surface area contributed by atoms with Crippen LogP contribution in [0.3, 0.4) is 0 Å². The molecular formula is C13H17NO2. The second kappa shape index (κ2) is 3.96. The molecule has 1 aromatic heterocycles. The highest BCUT2D eigenvalue weighted by Crippen LogP contribution is 2.48. The summed E-state index contributed by atoms with van der Waals surface area (Å²) in [6, 6.07) is 3.74. The number of amides is 1. The van der Waals surface area contributed by atoms with Crippen molar-refractivity contribution in [2.24, 2.45) is 17.8 Å². The summed E-state index contributed by atoms with van der Waals surface area (Å²) in [5.41, 5.74) is 0. The number of rotatable bonds is 3. The molecule has 16 heavy (non-hydrogen) atoms. The molecule has 2 aliphatic carbocycles. The summed E-state index contributed by atoms with van der Waals surface area (Å²) in [5, 5.41) is 2.98. The zero-order valence-electron chi connectivity index (χ0n) is 9.32.